The van der Waals surface area contributed by atoms with E-state index in [9.17, 15) is 4.79 Å². The third-order valence-electron chi connectivity index (χ3n) is 4.83. The fourth-order valence-corrected chi connectivity index (χ4v) is 3.43. The van der Waals surface area contributed by atoms with Crippen molar-refractivity contribution in [1.29, 1.82) is 0 Å². The predicted octanol–water partition coefficient (Wildman–Crippen LogP) is 1.78. The van der Waals surface area contributed by atoms with E-state index in [1.807, 2.05) is 36.4 Å². The molecule has 0 saturated carbocycles. The molecule has 2 aliphatic rings. The van der Waals surface area contributed by atoms with Crippen LogP contribution in [0.3, 0.4) is 0 Å². The van der Waals surface area contributed by atoms with Crippen molar-refractivity contribution in [2.75, 3.05) is 39.5 Å². The minimum Gasteiger partial charge on any atom is -0.464 e. The van der Waals surface area contributed by atoms with Crippen LogP contribution in [0.25, 0.3) is 11.3 Å². The standard InChI is InChI=1S/C19H22N2O4/c22-19(15-5-3-14(4-6-15)18-2-1-9-25-18)20-16-12-24-13-17(16)21-7-10-23-11-8-21/h1-6,9,16-17H,7-8,10-13H2,(H,20,22)/t16-,17-/m1/s1. The summed E-state index contributed by atoms with van der Waals surface area (Å²) in [6, 6.07) is 11.4. The molecule has 132 valence electrons. The Labute approximate surface area is 146 Å². The van der Waals surface area contributed by atoms with Crippen molar-refractivity contribution in [2.45, 2.75) is 12.1 Å². The second-order valence-electron chi connectivity index (χ2n) is 6.39. The number of hydrogen-bond acceptors (Lipinski definition) is 5. The van der Waals surface area contributed by atoms with E-state index in [1.165, 1.54) is 0 Å². The lowest BCUT2D eigenvalue weighted by Crippen LogP contribution is -2.54. The van der Waals surface area contributed by atoms with Gasteiger partial charge in [-0.1, -0.05) is 12.1 Å². The van der Waals surface area contributed by atoms with Gasteiger partial charge in [0.25, 0.3) is 5.91 Å². The summed E-state index contributed by atoms with van der Waals surface area (Å²) >= 11 is 0. The van der Waals surface area contributed by atoms with E-state index in [-0.39, 0.29) is 18.0 Å². The van der Waals surface area contributed by atoms with E-state index >= 15 is 0 Å². The molecular formula is C19H22N2O4. The van der Waals surface area contributed by atoms with Crippen molar-refractivity contribution < 1.29 is 18.7 Å². The van der Waals surface area contributed by atoms with E-state index in [1.54, 1.807) is 6.26 Å². The second kappa shape index (κ2) is 7.39. The molecule has 3 heterocycles. The molecule has 6 heteroatoms. The van der Waals surface area contributed by atoms with Crippen molar-refractivity contribution in [3.05, 3.63) is 48.2 Å². The monoisotopic (exact) mass is 342 g/mol. The van der Waals surface area contributed by atoms with Gasteiger partial charge in [-0.05, 0) is 24.3 Å². The Hall–Kier alpha value is -2.15. The van der Waals surface area contributed by atoms with Crippen LogP contribution in [-0.4, -0.2) is 62.4 Å². The smallest absolute Gasteiger partial charge is 0.251 e. The van der Waals surface area contributed by atoms with Gasteiger partial charge in [0.05, 0.1) is 44.8 Å². The maximum atomic E-state index is 12.6. The van der Waals surface area contributed by atoms with Crippen LogP contribution in [0, 0.1) is 0 Å². The number of rotatable bonds is 4. The zero-order chi connectivity index (χ0) is 17.1. The third-order valence-corrected chi connectivity index (χ3v) is 4.83. The van der Waals surface area contributed by atoms with Gasteiger partial charge in [0.2, 0.25) is 0 Å². The number of carbonyl (C=O) groups excluding carboxylic acids is 1. The summed E-state index contributed by atoms with van der Waals surface area (Å²) in [7, 11) is 0. The topological polar surface area (TPSA) is 63.9 Å². The summed E-state index contributed by atoms with van der Waals surface area (Å²) < 4.78 is 16.4. The van der Waals surface area contributed by atoms with Crippen LogP contribution >= 0.6 is 0 Å². The first-order valence-corrected chi connectivity index (χ1v) is 8.65. The number of benzene rings is 1. The lowest BCUT2D eigenvalue weighted by molar-refractivity contribution is 0.0108. The number of ether oxygens (including phenoxy) is 2. The first-order chi connectivity index (χ1) is 12.3. The van der Waals surface area contributed by atoms with Gasteiger partial charge >= 0.3 is 0 Å². The summed E-state index contributed by atoms with van der Waals surface area (Å²) in [5, 5.41) is 3.13. The Balaban J connectivity index is 1.40. The van der Waals surface area contributed by atoms with Crippen molar-refractivity contribution in [3.63, 3.8) is 0 Å². The Kier molecular flexibility index (Phi) is 4.83. The van der Waals surface area contributed by atoms with E-state index in [4.69, 9.17) is 13.9 Å². The Bertz CT molecular complexity index is 693. The molecule has 1 aromatic heterocycles. The summed E-state index contributed by atoms with van der Waals surface area (Å²) in [5.74, 6) is 0.725. The number of nitrogens with one attached hydrogen (secondary N) is 1. The van der Waals surface area contributed by atoms with Crippen LogP contribution in [0.5, 0.6) is 0 Å². The van der Waals surface area contributed by atoms with Gasteiger partial charge in [-0.3, -0.25) is 9.69 Å². The zero-order valence-corrected chi connectivity index (χ0v) is 14.0. The molecular weight excluding hydrogens is 320 g/mol. The number of morpholine rings is 1. The molecule has 2 aromatic rings. The molecule has 0 radical (unpaired) electrons. The van der Waals surface area contributed by atoms with Gasteiger partial charge in [-0.15, -0.1) is 0 Å². The largest absolute Gasteiger partial charge is 0.464 e. The van der Waals surface area contributed by atoms with Crippen LogP contribution in [0.15, 0.2) is 47.1 Å². The first kappa shape index (κ1) is 16.3. The molecule has 1 N–H and O–H groups in total. The number of amides is 1. The molecule has 2 saturated heterocycles. The molecule has 0 bridgehead atoms. The van der Waals surface area contributed by atoms with Gasteiger partial charge in [0, 0.05) is 24.2 Å². The van der Waals surface area contributed by atoms with Crippen molar-refractivity contribution in [3.8, 4) is 11.3 Å². The molecule has 2 aliphatic heterocycles. The van der Waals surface area contributed by atoms with Crippen molar-refractivity contribution in [2.24, 2.45) is 0 Å². The SMILES string of the molecule is O=C(N[C@@H]1COC[C@H]1N1CCOCC1)c1ccc(-c2ccco2)cc1. The fraction of sp³-hybridized carbons (Fsp3) is 0.421. The van der Waals surface area contributed by atoms with E-state index in [0.29, 0.717) is 18.8 Å². The molecule has 2 fully saturated rings. The summed E-state index contributed by atoms with van der Waals surface area (Å²) in [4.78, 5) is 14.9. The average molecular weight is 342 g/mol. The predicted molar refractivity (Wildman–Crippen MR) is 92.4 cm³/mol. The van der Waals surface area contributed by atoms with E-state index < -0.39 is 0 Å². The third kappa shape index (κ3) is 3.61. The molecule has 0 aliphatic carbocycles. The molecule has 0 unspecified atom stereocenters. The quantitative estimate of drug-likeness (QED) is 0.918. The molecule has 25 heavy (non-hydrogen) atoms. The van der Waals surface area contributed by atoms with Gasteiger partial charge in [-0.2, -0.15) is 0 Å². The van der Waals surface area contributed by atoms with Crippen LogP contribution in [0.1, 0.15) is 10.4 Å². The summed E-state index contributed by atoms with van der Waals surface area (Å²) in [5.41, 5.74) is 1.60. The second-order valence-corrected chi connectivity index (χ2v) is 6.39. The molecule has 2 atom stereocenters. The number of carbonyl (C=O) groups is 1. The average Bonchev–Trinajstić information content (AvgIpc) is 3.35. The highest BCUT2D eigenvalue weighted by molar-refractivity contribution is 5.94. The highest BCUT2D eigenvalue weighted by Crippen LogP contribution is 2.20. The lowest BCUT2D eigenvalue weighted by Gasteiger charge is -2.34. The van der Waals surface area contributed by atoms with Crippen LogP contribution < -0.4 is 5.32 Å². The zero-order valence-electron chi connectivity index (χ0n) is 14.0. The molecule has 6 nitrogen and oxygen atoms in total. The minimum atomic E-state index is -0.0697. The highest BCUT2D eigenvalue weighted by Gasteiger charge is 2.34. The highest BCUT2D eigenvalue weighted by atomic mass is 16.5. The molecule has 1 aromatic carbocycles. The van der Waals surface area contributed by atoms with Gasteiger partial charge < -0.3 is 19.2 Å². The maximum absolute atomic E-state index is 12.6. The van der Waals surface area contributed by atoms with Gasteiger partial charge in [0.15, 0.2) is 0 Å². The van der Waals surface area contributed by atoms with Crippen molar-refractivity contribution in [1.82, 2.24) is 10.2 Å². The van der Waals surface area contributed by atoms with E-state index in [2.05, 4.69) is 10.2 Å². The normalized spacial score (nSPS) is 24.3. The Morgan fingerprint density at radius 2 is 1.84 bits per heavy atom. The number of furan rings is 1. The van der Waals surface area contributed by atoms with Gasteiger partial charge in [-0.25, -0.2) is 0 Å². The minimum absolute atomic E-state index is 0.00958. The first-order valence-electron chi connectivity index (χ1n) is 8.65. The van der Waals surface area contributed by atoms with Crippen molar-refractivity contribution >= 4 is 5.91 Å². The Morgan fingerprint density at radius 3 is 2.56 bits per heavy atom. The van der Waals surface area contributed by atoms with Crippen LogP contribution in [-0.2, 0) is 9.47 Å². The number of nitrogens with zero attached hydrogens (tertiary/aromatic N) is 1. The molecule has 4 rings (SSSR count). The number of hydrogen-bond donors (Lipinski definition) is 1. The fourth-order valence-electron chi connectivity index (χ4n) is 3.43. The van der Waals surface area contributed by atoms with Crippen LogP contribution in [0.4, 0.5) is 0 Å². The molecule has 1 amide bonds. The molecule has 0 spiro atoms. The Morgan fingerprint density at radius 1 is 1.04 bits per heavy atom. The van der Waals surface area contributed by atoms with Crippen LogP contribution in [0.2, 0.25) is 0 Å². The van der Waals surface area contributed by atoms with Gasteiger partial charge in [0.1, 0.15) is 5.76 Å². The summed E-state index contributed by atoms with van der Waals surface area (Å²) in [6.07, 6.45) is 1.64. The maximum Gasteiger partial charge on any atom is 0.251 e. The summed E-state index contributed by atoms with van der Waals surface area (Å²) in [6.45, 7) is 4.47. The lowest BCUT2D eigenvalue weighted by atomic mass is 10.1. The van der Waals surface area contributed by atoms with E-state index in [0.717, 1.165) is 37.6 Å².